The van der Waals surface area contributed by atoms with Crippen molar-refractivity contribution in [2.24, 2.45) is 35.1 Å². The van der Waals surface area contributed by atoms with Gasteiger partial charge in [-0.2, -0.15) is 0 Å². The highest BCUT2D eigenvalue weighted by molar-refractivity contribution is 5.99. The van der Waals surface area contributed by atoms with Crippen molar-refractivity contribution in [1.29, 1.82) is 0 Å². The third-order valence-electron chi connectivity index (χ3n) is 15.1. The first-order valence-electron chi connectivity index (χ1n) is 26.6. The molecule has 0 radical (unpaired) electrons. The largest absolute Gasteiger partial charge is 0.507 e. The van der Waals surface area contributed by atoms with Crippen molar-refractivity contribution < 1.29 is 48.6 Å². The predicted octanol–water partition coefficient (Wildman–Crippen LogP) is 7.99. The Kier molecular flexibility index (Phi) is 20.2. The molecule has 4 aromatic rings. The minimum atomic E-state index is -1.32. The summed E-state index contributed by atoms with van der Waals surface area (Å²) in [6.07, 6.45) is 5.23. The molecule has 1 fully saturated rings. The van der Waals surface area contributed by atoms with Crippen LogP contribution in [0.5, 0.6) is 11.5 Å². The number of rotatable bonds is 22. The number of likely N-dealkylation sites (N-methyl/N-ethyl adjacent to an activating group) is 1. The molecule has 4 bridgehead atoms. The van der Waals surface area contributed by atoms with Crippen molar-refractivity contribution in [3.8, 4) is 33.8 Å². The van der Waals surface area contributed by atoms with Crippen LogP contribution >= 0.6 is 0 Å². The maximum atomic E-state index is 14.8. The fourth-order valence-corrected chi connectivity index (χ4v) is 10.4. The van der Waals surface area contributed by atoms with Gasteiger partial charge < -0.3 is 36.8 Å². The predicted molar refractivity (Wildman–Crippen MR) is 287 cm³/mol. The molecule has 0 unspecified atom stereocenters. The molecule has 2 heterocycles. The van der Waals surface area contributed by atoms with Crippen molar-refractivity contribution in [1.82, 2.24) is 15.1 Å². The molecule has 2 aliphatic rings. The van der Waals surface area contributed by atoms with Gasteiger partial charge in [-0.25, -0.2) is 0 Å². The molecular weight excluding hydrogens is 951 g/mol. The molecule has 2 aliphatic heterocycles. The van der Waals surface area contributed by atoms with Crippen molar-refractivity contribution >= 4 is 46.8 Å². The van der Waals surface area contributed by atoms with E-state index in [2.05, 4.69) is 36.5 Å². The van der Waals surface area contributed by atoms with Crippen LogP contribution in [-0.4, -0.2) is 99.0 Å². The van der Waals surface area contributed by atoms with Crippen molar-refractivity contribution in [3.05, 3.63) is 107 Å². The third-order valence-corrected chi connectivity index (χ3v) is 15.1. The van der Waals surface area contributed by atoms with Crippen LogP contribution in [0.3, 0.4) is 0 Å². The number of phenols is 2. The van der Waals surface area contributed by atoms with Crippen molar-refractivity contribution in [3.63, 3.8) is 0 Å². The molecule has 4 aromatic carbocycles. The molecule has 6 rings (SSSR count). The van der Waals surface area contributed by atoms with Gasteiger partial charge in [0.1, 0.15) is 29.4 Å². The number of nitrogens with one attached hydrogen (secondary N) is 1. The van der Waals surface area contributed by atoms with Gasteiger partial charge in [0.2, 0.25) is 23.6 Å². The maximum absolute atomic E-state index is 14.8. The van der Waals surface area contributed by atoms with E-state index in [1.165, 1.54) is 53.6 Å². The van der Waals surface area contributed by atoms with Crippen molar-refractivity contribution in [2.45, 2.75) is 136 Å². The van der Waals surface area contributed by atoms with Crippen LogP contribution in [0.2, 0.25) is 0 Å². The Morgan fingerprint density at radius 3 is 2.11 bits per heavy atom. The van der Waals surface area contributed by atoms with E-state index in [1.807, 2.05) is 12.1 Å². The average Bonchev–Trinajstić information content (AvgIpc) is 3.90. The van der Waals surface area contributed by atoms with E-state index in [1.54, 1.807) is 38.1 Å². The first-order valence-corrected chi connectivity index (χ1v) is 26.6. The van der Waals surface area contributed by atoms with Gasteiger partial charge in [0.25, 0.3) is 0 Å². The molecule has 0 aromatic heterocycles. The van der Waals surface area contributed by atoms with E-state index in [-0.39, 0.29) is 84.7 Å². The number of carbonyl (C=O) groups excluding carboxylic acids is 8. The van der Waals surface area contributed by atoms with Gasteiger partial charge in [-0.1, -0.05) is 101 Å². The van der Waals surface area contributed by atoms with Crippen LogP contribution in [-0.2, 0) is 46.4 Å². The zero-order valence-electron chi connectivity index (χ0n) is 44.1. The Morgan fingerprint density at radius 1 is 0.800 bits per heavy atom. The van der Waals surface area contributed by atoms with Crippen LogP contribution < -0.4 is 16.8 Å². The van der Waals surface area contributed by atoms with Crippen LogP contribution in [0.25, 0.3) is 22.3 Å². The lowest BCUT2D eigenvalue weighted by Gasteiger charge is -2.32. The fraction of sp³-hybridized carbons (Fsp3) is 0.467. The lowest BCUT2D eigenvalue weighted by atomic mass is 9.86. The highest BCUT2D eigenvalue weighted by Crippen LogP contribution is 2.40. The Bertz CT molecular complexity index is 2720. The second kappa shape index (κ2) is 26.5. The average molecular weight is 1030 g/mol. The number of nitrogens with zero attached hydrogens (tertiary/aromatic N) is 2. The molecule has 75 heavy (non-hydrogen) atoms. The molecule has 0 spiro atoms. The van der Waals surface area contributed by atoms with Gasteiger partial charge in [0.15, 0.2) is 17.3 Å². The molecule has 400 valence electrons. The highest BCUT2D eigenvalue weighted by Gasteiger charge is 2.38. The Hall–Kier alpha value is -7.00. The summed E-state index contributed by atoms with van der Waals surface area (Å²) >= 11 is 0. The quantitative estimate of drug-likeness (QED) is 0.0373. The van der Waals surface area contributed by atoms with E-state index in [9.17, 15) is 48.6 Å². The van der Waals surface area contributed by atoms with Crippen molar-refractivity contribution in [2.75, 3.05) is 20.1 Å². The second-order valence-corrected chi connectivity index (χ2v) is 20.9. The summed E-state index contributed by atoms with van der Waals surface area (Å²) in [6.45, 7) is 7.72. The normalized spacial score (nSPS) is 19.0. The Balaban J connectivity index is 1.20. The smallest absolute Gasteiger partial charge is 0.240 e. The number of hydrogen-bond acceptors (Lipinski definition) is 11. The van der Waals surface area contributed by atoms with Gasteiger partial charge in [0.05, 0.1) is 6.04 Å². The molecule has 15 heteroatoms. The number of unbranched alkanes of at least 4 members (excludes halogenated alkanes) is 2. The number of benzene rings is 4. The molecule has 15 nitrogen and oxygen atoms in total. The number of aryl methyl sites for hydroxylation is 1. The third kappa shape index (κ3) is 14.7. The number of fused-ring (bicyclic) bond motifs is 5. The van der Waals surface area contributed by atoms with Gasteiger partial charge in [-0.15, -0.1) is 0 Å². The molecule has 7 N–H and O–H groups in total. The summed E-state index contributed by atoms with van der Waals surface area (Å²) in [5.74, 6) is -7.25. The molecule has 1 saturated heterocycles. The summed E-state index contributed by atoms with van der Waals surface area (Å²) < 4.78 is 0. The molecule has 0 saturated carbocycles. The lowest BCUT2D eigenvalue weighted by Crippen LogP contribution is -2.48. The van der Waals surface area contributed by atoms with E-state index >= 15 is 0 Å². The number of ketones is 4. The minimum absolute atomic E-state index is 0.0600. The number of phenolic OH excluding ortho intramolecular Hbond substituents is 2. The maximum Gasteiger partial charge on any atom is 0.240 e. The number of carbonyl (C=O) groups is 8. The fourth-order valence-electron chi connectivity index (χ4n) is 10.4. The van der Waals surface area contributed by atoms with Crippen LogP contribution in [0, 0.1) is 23.7 Å². The minimum Gasteiger partial charge on any atom is -0.507 e. The number of primary amides is 1. The number of likely N-dealkylation sites (tertiary alicyclic amines) is 1. The highest BCUT2D eigenvalue weighted by atomic mass is 16.3. The lowest BCUT2D eigenvalue weighted by molar-refractivity contribution is -0.144. The van der Waals surface area contributed by atoms with Gasteiger partial charge >= 0.3 is 0 Å². The summed E-state index contributed by atoms with van der Waals surface area (Å²) in [7, 11) is 1.46. The number of nitrogens with two attached hydrogens (primary N) is 2. The second-order valence-electron chi connectivity index (χ2n) is 20.9. The first-order chi connectivity index (χ1) is 35.8. The van der Waals surface area contributed by atoms with Gasteiger partial charge in [0, 0.05) is 79.6 Å². The first kappa shape index (κ1) is 57.3. The molecule has 0 aliphatic carbocycles. The van der Waals surface area contributed by atoms with E-state index < -0.39 is 77.0 Å². The zero-order valence-corrected chi connectivity index (χ0v) is 44.1. The van der Waals surface area contributed by atoms with E-state index in [0.717, 1.165) is 30.4 Å². The Morgan fingerprint density at radius 2 is 1.45 bits per heavy atom. The molecule has 7 atom stereocenters. The summed E-state index contributed by atoms with van der Waals surface area (Å²) in [6, 6.07) is 21.5. The van der Waals surface area contributed by atoms with Gasteiger partial charge in [-0.3, -0.25) is 38.4 Å². The number of amides is 4. The Labute approximate surface area is 440 Å². The van der Waals surface area contributed by atoms with Crippen LogP contribution in [0.15, 0.2) is 84.9 Å². The molecular formula is C60H75N5O10. The van der Waals surface area contributed by atoms with E-state index in [0.29, 0.717) is 49.9 Å². The van der Waals surface area contributed by atoms with Crippen LogP contribution in [0.4, 0.5) is 0 Å². The zero-order chi connectivity index (χ0) is 54.5. The summed E-state index contributed by atoms with van der Waals surface area (Å²) in [5, 5.41) is 25.3. The molecule has 4 amide bonds. The SMILES string of the molecule is CCCCc1ccc(-c2ccc(C(=O)CC[C@@H](C)C(=O)C[C@@H](CCCCN)C(=O)N(C)[C@@H]3C(=O)C[C@@H](C)C(=O)N[C@H](C(=O)C[C@@H](C)C(=O)N4CCC[C@H]4C(N)=O)Cc4ccc(O)c(c4)-c4cc3ccc4O)cc2)cc1. The summed E-state index contributed by atoms with van der Waals surface area (Å²) in [5.41, 5.74) is 16.4. The topological polar surface area (TPSA) is 248 Å². The van der Waals surface area contributed by atoms with E-state index in [4.69, 9.17) is 11.5 Å². The van der Waals surface area contributed by atoms with Gasteiger partial charge in [-0.05, 0) is 110 Å². The number of Topliss-reactive ketones (excluding diaryl/α,β-unsaturated/α-hetero) is 4. The monoisotopic (exact) mass is 1030 g/mol. The standard InChI is InChI=1S/C60H75N5O10/c1-6-7-11-39-15-18-41(19-16-39)42-20-22-43(23-21-42)50(66)25-14-36(2)53(69)35-45(12-8-9-28-61)60(75)64(5)56-44-24-27-52(68)47(34-44)46-32-40(17-26-51(46)67)33-48(63-58(73)37(3)30-55(56)71)54(70)31-38(4)59(74)65-29-10-13-49(65)57(62)72/h15-24,26-27,32,34,36-38,45,48-49,56,67-68H,6-14,25,28-31,33,35,61H2,1-5H3,(H2,62,72)(H,63,73)/t36-,37-,38-,45-,48+,49+,56+/m1/s1. The number of hydrogen-bond donors (Lipinski definition) is 5. The van der Waals surface area contributed by atoms with Crippen LogP contribution in [0.1, 0.15) is 138 Å². The number of aromatic hydroxyl groups is 2. The summed E-state index contributed by atoms with van der Waals surface area (Å²) in [4.78, 5) is 113.